The summed E-state index contributed by atoms with van der Waals surface area (Å²) in [4.78, 5) is 13.2. The average Bonchev–Trinajstić information content (AvgIpc) is 1.68. The van der Waals surface area contributed by atoms with Crippen molar-refractivity contribution in [3.05, 3.63) is 4.91 Å². The summed E-state index contributed by atoms with van der Waals surface area (Å²) in [5.74, 6) is 0. The minimum atomic E-state index is -0.475. The summed E-state index contributed by atoms with van der Waals surface area (Å²) < 4.78 is 0. The van der Waals surface area contributed by atoms with Gasteiger partial charge in [0.25, 0.3) is 0 Å². The van der Waals surface area contributed by atoms with E-state index in [1.54, 1.807) is 6.92 Å². The van der Waals surface area contributed by atoms with E-state index in [1.807, 2.05) is 0 Å². The minimum Gasteiger partial charge on any atom is -0.392 e. The molecule has 0 aromatic carbocycles. The average molecular weight is 105 g/mol. The maximum absolute atomic E-state index is 9.19. The molecule has 0 unspecified atom stereocenters. The second kappa shape index (κ2) is 3.55. The highest BCUT2D eigenvalue weighted by Crippen LogP contribution is 1.85. The van der Waals surface area contributed by atoms with Crippen LogP contribution in [0.4, 0.5) is 0 Å². The van der Waals surface area contributed by atoms with Crippen molar-refractivity contribution < 1.29 is 9.94 Å². The monoisotopic (exact) mass is 105 g/mol. The van der Waals surface area contributed by atoms with E-state index in [-0.39, 0.29) is 6.61 Å². The zero-order chi connectivity index (χ0) is 5.70. The maximum Gasteiger partial charge on any atom is 0.155 e. The van der Waals surface area contributed by atoms with Crippen molar-refractivity contribution in [2.24, 2.45) is 5.34 Å². The molecule has 42 valence electrons. The first-order valence-electron chi connectivity index (χ1n) is 1.90. The quantitative estimate of drug-likeness (QED) is 0.408. The lowest BCUT2D eigenvalue weighted by atomic mass is 10.5. The van der Waals surface area contributed by atoms with Crippen molar-refractivity contribution in [1.82, 2.24) is 0 Å². The number of aliphatic hydroxyl groups excluding tert-OH is 1. The second-order valence-electron chi connectivity index (χ2n) is 1.17. The fraction of sp³-hybridized carbons (Fsp3) is 1.00. The van der Waals surface area contributed by atoms with Gasteiger partial charge < -0.3 is 9.94 Å². The molecule has 0 aromatic heterocycles. The first kappa shape index (κ1) is 6.36. The van der Waals surface area contributed by atoms with Crippen LogP contribution in [0.25, 0.3) is 0 Å². The van der Waals surface area contributed by atoms with E-state index in [4.69, 9.17) is 5.11 Å². The Labute approximate surface area is 41.0 Å². The molecule has 0 radical (unpaired) electrons. The number of rotatable bonds is 3. The SMILES string of the molecule is C[C@H](CO)ON=O. The molecule has 7 heavy (non-hydrogen) atoms. The first-order valence-corrected chi connectivity index (χ1v) is 1.90. The third-order valence-electron chi connectivity index (χ3n) is 0.480. The van der Waals surface area contributed by atoms with Crippen LogP contribution in [0.5, 0.6) is 0 Å². The zero-order valence-corrected chi connectivity index (χ0v) is 4.00. The number of hydrogen-bond acceptors (Lipinski definition) is 4. The van der Waals surface area contributed by atoms with Crippen molar-refractivity contribution >= 4 is 0 Å². The van der Waals surface area contributed by atoms with Gasteiger partial charge in [0.05, 0.1) is 6.61 Å². The lowest BCUT2D eigenvalue weighted by Crippen LogP contribution is -2.08. The Bertz CT molecular complexity index is 56.1. The van der Waals surface area contributed by atoms with E-state index in [9.17, 15) is 4.91 Å². The van der Waals surface area contributed by atoms with Crippen LogP contribution in [0.2, 0.25) is 0 Å². The molecule has 0 fully saturated rings. The van der Waals surface area contributed by atoms with Crippen molar-refractivity contribution in [3.63, 3.8) is 0 Å². The van der Waals surface area contributed by atoms with E-state index in [0.717, 1.165) is 0 Å². The van der Waals surface area contributed by atoms with Gasteiger partial charge in [-0.2, -0.15) is 0 Å². The molecule has 1 N–H and O–H groups in total. The molecule has 0 aliphatic rings. The standard InChI is InChI=1S/C3H7NO3/c1-3(2-5)7-4-6/h3,5H,2H2,1H3/t3-/m1/s1. The molecule has 0 aliphatic carbocycles. The summed E-state index contributed by atoms with van der Waals surface area (Å²) in [6.07, 6.45) is -0.475. The molecular formula is C3H7NO3. The van der Waals surface area contributed by atoms with Crippen LogP contribution in [-0.2, 0) is 4.84 Å². The minimum absolute atomic E-state index is 0.175. The third-order valence-corrected chi connectivity index (χ3v) is 0.480. The molecule has 0 bridgehead atoms. The Morgan fingerprint density at radius 1 is 2.00 bits per heavy atom. The third kappa shape index (κ3) is 3.18. The van der Waals surface area contributed by atoms with Crippen molar-refractivity contribution in [3.8, 4) is 0 Å². The van der Waals surface area contributed by atoms with E-state index >= 15 is 0 Å². The molecule has 0 aromatic rings. The van der Waals surface area contributed by atoms with Gasteiger partial charge in [0.15, 0.2) is 11.4 Å². The normalized spacial score (nSPS) is 12.9. The summed E-state index contributed by atoms with van der Waals surface area (Å²) in [5, 5.41) is 10.2. The predicted octanol–water partition coefficient (Wildman–Crippen LogP) is 0.0652. The van der Waals surface area contributed by atoms with Crippen molar-refractivity contribution in [2.75, 3.05) is 6.61 Å². The summed E-state index contributed by atoms with van der Waals surface area (Å²) >= 11 is 0. The lowest BCUT2D eigenvalue weighted by molar-refractivity contribution is 0.0261. The van der Waals surface area contributed by atoms with Crippen molar-refractivity contribution in [2.45, 2.75) is 13.0 Å². The van der Waals surface area contributed by atoms with Gasteiger partial charge in [0.2, 0.25) is 0 Å². The summed E-state index contributed by atoms with van der Waals surface area (Å²) in [6, 6.07) is 0. The van der Waals surface area contributed by atoms with Gasteiger partial charge in [-0.15, -0.1) is 4.91 Å². The molecule has 4 nitrogen and oxygen atoms in total. The summed E-state index contributed by atoms with van der Waals surface area (Å²) in [7, 11) is 0. The maximum atomic E-state index is 9.19. The smallest absolute Gasteiger partial charge is 0.155 e. The number of hydrogen-bond donors (Lipinski definition) is 1. The van der Waals surface area contributed by atoms with Crippen LogP contribution in [0.1, 0.15) is 6.92 Å². The highest BCUT2D eigenvalue weighted by molar-refractivity contribution is 4.39. The van der Waals surface area contributed by atoms with Crippen LogP contribution >= 0.6 is 0 Å². The van der Waals surface area contributed by atoms with Crippen molar-refractivity contribution in [1.29, 1.82) is 0 Å². The Hall–Kier alpha value is -0.640. The molecule has 0 rings (SSSR count). The van der Waals surface area contributed by atoms with Gasteiger partial charge in [-0.1, -0.05) is 0 Å². The molecular weight excluding hydrogens is 98.0 g/mol. The molecule has 0 aliphatic heterocycles. The highest BCUT2D eigenvalue weighted by atomic mass is 16.7. The Balaban J connectivity index is 2.98. The molecule has 0 heterocycles. The van der Waals surface area contributed by atoms with E-state index < -0.39 is 6.10 Å². The Morgan fingerprint density at radius 3 is 2.71 bits per heavy atom. The van der Waals surface area contributed by atoms with E-state index in [0.29, 0.717) is 0 Å². The Kier molecular flexibility index (Phi) is 3.22. The summed E-state index contributed by atoms with van der Waals surface area (Å²) in [5.41, 5.74) is 0. The van der Waals surface area contributed by atoms with Gasteiger partial charge in [-0.05, 0) is 6.92 Å². The molecule has 4 heteroatoms. The van der Waals surface area contributed by atoms with Gasteiger partial charge in [0, 0.05) is 0 Å². The van der Waals surface area contributed by atoms with Crippen LogP contribution in [-0.4, -0.2) is 17.8 Å². The molecule has 0 saturated heterocycles. The van der Waals surface area contributed by atoms with Gasteiger partial charge in [-0.3, -0.25) is 0 Å². The Morgan fingerprint density at radius 2 is 2.57 bits per heavy atom. The first-order chi connectivity index (χ1) is 3.31. The largest absolute Gasteiger partial charge is 0.392 e. The van der Waals surface area contributed by atoms with Gasteiger partial charge in [0.1, 0.15) is 0 Å². The van der Waals surface area contributed by atoms with Crippen LogP contribution in [0.3, 0.4) is 0 Å². The van der Waals surface area contributed by atoms with Gasteiger partial charge >= 0.3 is 0 Å². The highest BCUT2D eigenvalue weighted by Gasteiger charge is 1.95. The van der Waals surface area contributed by atoms with Crippen LogP contribution < -0.4 is 0 Å². The zero-order valence-electron chi connectivity index (χ0n) is 4.00. The molecule has 1 atom stereocenters. The topological polar surface area (TPSA) is 58.9 Å². The van der Waals surface area contributed by atoms with Crippen LogP contribution in [0, 0.1) is 4.91 Å². The fourth-order valence-corrected chi connectivity index (χ4v) is 0.107. The van der Waals surface area contributed by atoms with Gasteiger partial charge in [-0.25, -0.2) is 0 Å². The molecule has 0 amide bonds. The molecule has 0 saturated carbocycles. The predicted molar refractivity (Wildman–Crippen MR) is 23.4 cm³/mol. The fourth-order valence-electron chi connectivity index (χ4n) is 0.107. The second-order valence-corrected chi connectivity index (χ2v) is 1.17. The summed E-state index contributed by atoms with van der Waals surface area (Å²) in [6.45, 7) is 1.37. The molecule has 0 spiro atoms. The number of nitrogens with zero attached hydrogens (tertiary/aromatic N) is 1. The van der Waals surface area contributed by atoms with Crippen LogP contribution in [0.15, 0.2) is 5.34 Å². The number of aliphatic hydroxyl groups is 1. The lowest BCUT2D eigenvalue weighted by Gasteiger charge is -1.98. The van der Waals surface area contributed by atoms with E-state index in [2.05, 4.69) is 10.2 Å². The van der Waals surface area contributed by atoms with E-state index in [1.165, 1.54) is 0 Å².